The molecule has 1 fully saturated rings. The molecule has 0 spiro atoms. The lowest BCUT2D eigenvalue weighted by molar-refractivity contribution is -0.384. The highest BCUT2D eigenvalue weighted by Crippen LogP contribution is 2.35. The Labute approximate surface area is 117 Å². The number of nitrogens with one attached hydrogen (secondary N) is 1. The van der Waals surface area contributed by atoms with Crippen molar-refractivity contribution in [2.45, 2.75) is 44.1 Å². The first-order valence-corrected chi connectivity index (χ1v) is 6.75. The van der Waals surface area contributed by atoms with E-state index in [1.807, 2.05) is 0 Å². The standard InChI is InChI=1S/C14H18N2O4/c17-13(18)10-14(7-2-1-3-8-14)15-11-5-4-6-12(9-11)16(19)20/h4-6,9,15H,1-3,7-8,10H2,(H,17,18). The van der Waals surface area contributed by atoms with Crippen molar-refractivity contribution < 1.29 is 14.8 Å². The predicted octanol–water partition coefficient (Wildman–Crippen LogP) is 3.18. The van der Waals surface area contributed by atoms with Crippen LogP contribution in [0.5, 0.6) is 0 Å². The van der Waals surface area contributed by atoms with Crippen molar-refractivity contribution in [3.05, 3.63) is 34.4 Å². The minimum atomic E-state index is -0.843. The number of non-ortho nitro benzene ring substituents is 1. The molecular weight excluding hydrogens is 260 g/mol. The maximum atomic E-state index is 11.1. The summed E-state index contributed by atoms with van der Waals surface area (Å²) in [6.07, 6.45) is 4.67. The van der Waals surface area contributed by atoms with Gasteiger partial charge in [-0.25, -0.2) is 0 Å². The Kier molecular flexibility index (Phi) is 4.22. The summed E-state index contributed by atoms with van der Waals surface area (Å²) < 4.78 is 0. The summed E-state index contributed by atoms with van der Waals surface area (Å²) in [5.74, 6) is -0.843. The van der Waals surface area contributed by atoms with E-state index in [4.69, 9.17) is 5.11 Å². The first-order chi connectivity index (χ1) is 9.51. The van der Waals surface area contributed by atoms with Gasteiger partial charge in [0.05, 0.1) is 11.3 Å². The summed E-state index contributed by atoms with van der Waals surface area (Å²) >= 11 is 0. The third-order valence-electron chi connectivity index (χ3n) is 3.77. The van der Waals surface area contributed by atoms with Crippen LogP contribution in [0.3, 0.4) is 0 Å². The van der Waals surface area contributed by atoms with Crippen molar-refractivity contribution >= 4 is 17.3 Å². The zero-order chi connectivity index (χ0) is 14.6. The third kappa shape index (κ3) is 3.46. The third-order valence-corrected chi connectivity index (χ3v) is 3.77. The van der Waals surface area contributed by atoms with Crippen molar-refractivity contribution in [3.8, 4) is 0 Å². The summed E-state index contributed by atoms with van der Waals surface area (Å²) in [6.45, 7) is 0. The van der Waals surface area contributed by atoms with Crippen molar-refractivity contribution in [1.29, 1.82) is 0 Å². The highest BCUT2D eigenvalue weighted by molar-refractivity contribution is 5.69. The van der Waals surface area contributed by atoms with Crippen LogP contribution in [0.4, 0.5) is 11.4 Å². The Morgan fingerprint density at radius 1 is 1.35 bits per heavy atom. The summed E-state index contributed by atoms with van der Waals surface area (Å²) in [7, 11) is 0. The van der Waals surface area contributed by atoms with E-state index < -0.39 is 16.4 Å². The number of hydrogen-bond acceptors (Lipinski definition) is 4. The van der Waals surface area contributed by atoms with E-state index in [1.165, 1.54) is 12.1 Å². The summed E-state index contributed by atoms with van der Waals surface area (Å²) in [5.41, 5.74) is 0.137. The molecule has 0 bridgehead atoms. The van der Waals surface area contributed by atoms with Crippen LogP contribution in [-0.2, 0) is 4.79 Å². The average Bonchev–Trinajstić information content (AvgIpc) is 2.38. The molecule has 0 unspecified atom stereocenters. The monoisotopic (exact) mass is 278 g/mol. The molecular formula is C14H18N2O4. The van der Waals surface area contributed by atoms with Gasteiger partial charge in [0.15, 0.2) is 0 Å². The van der Waals surface area contributed by atoms with Crippen LogP contribution in [0.2, 0.25) is 0 Å². The SMILES string of the molecule is O=C(O)CC1(Nc2cccc([N+](=O)[O-])c2)CCCCC1. The van der Waals surface area contributed by atoms with Gasteiger partial charge in [-0.1, -0.05) is 25.3 Å². The molecule has 0 radical (unpaired) electrons. The summed E-state index contributed by atoms with van der Waals surface area (Å²) in [6, 6.07) is 6.23. The van der Waals surface area contributed by atoms with E-state index in [0.717, 1.165) is 32.1 Å². The fourth-order valence-corrected chi connectivity index (χ4v) is 2.87. The quantitative estimate of drug-likeness (QED) is 0.637. The summed E-state index contributed by atoms with van der Waals surface area (Å²) in [4.78, 5) is 21.4. The molecule has 2 N–H and O–H groups in total. The molecule has 0 amide bonds. The van der Waals surface area contributed by atoms with E-state index in [0.29, 0.717) is 5.69 Å². The van der Waals surface area contributed by atoms with Crippen molar-refractivity contribution in [2.75, 3.05) is 5.32 Å². The van der Waals surface area contributed by atoms with Gasteiger partial charge in [0.2, 0.25) is 0 Å². The zero-order valence-corrected chi connectivity index (χ0v) is 11.2. The fraction of sp³-hybridized carbons (Fsp3) is 0.500. The normalized spacial score (nSPS) is 17.4. The number of aliphatic carboxylic acids is 1. The topological polar surface area (TPSA) is 92.5 Å². The lowest BCUT2D eigenvalue weighted by Gasteiger charge is -2.37. The van der Waals surface area contributed by atoms with Crippen LogP contribution in [-0.4, -0.2) is 21.5 Å². The highest BCUT2D eigenvalue weighted by atomic mass is 16.6. The Hall–Kier alpha value is -2.11. The Balaban J connectivity index is 2.20. The van der Waals surface area contributed by atoms with Gasteiger partial charge in [-0.3, -0.25) is 14.9 Å². The van der Waals surface area contributed by atoms with Crippen molar-refractivity contribution in [1.82, 2.24) is 0 Å². The molecule has 0 saturated heterocycles. The van der Waals surface area contributed by atoms with Gasteiger partial charge in [-0.2, -0.15) is 0 Å². The molecule has 6 nitrogen and oxygen atoms in total. The fourth-order valence-electron chi connectivity index (χ4n) is 2.87. The second-order valence-corrected chi connectivity index (χ2v) is 5.34. The molecule has 20 heavy (non-hydrogen) atoms. The Bertz CT molecular complexity index is 510. The van der Waals surface area contributed by atoms with Crippen molar-refractivity contribution in [2.24, 2.45) is 0 Å². The van der Waals surface area contributed by atoms with Crippen LogP contribution in [0.25, 0.3) is 0 Å². The van der Waals surface area contributed by atoms with E-state index in [-0.39, 0.29) is 12.1 Å². The number of carboxylic acids is 1. The molecule has 0 heterocycles. The number of nitro benzene ring substituents is 1. The molecule has 1 saturated carbocycles. The van der Waals surface area contributed by atoms with E-state index >= 15 is 0 Å². The molecule has 1 aliphatic rings. The minimum absolute atomic E-state index is 0.0104. The second kappa shape index (κ2) is 5.90. The number of carbonyl (C=O) groups is 1. The molecule has 1 aromatic carbocycles. The second-order valence-electron chi connectivity index (χ2n) is 5.34. The number of carboxylic acid groups (broad SMARTS) is 1. The smallest absolute Gasteiger partial charge is 0.305 e. The van der Waals surface area contributed by atoms with Gasteiger partial charge in [0, 0.05) is 23.4 Å². The zero-order valence-electron chi connectivity index (χ0n) is 11.2. The number of rotatable bonds is 5. The molecule has 108 valence electrons. The first-order valence-electron chi connectivity index (χ1n) is 6.75. The van der Waals surface area contributed by atoms with Crippen LogP contribution >= 0.6 is 0 Å². The van der Waals surface area contributed by atoms with Crippen LogP contribution in [0, 0.1) is 10.1 Å². The van der Waals surface area contributed by atoms with Gasteiger partial charge in [0.25, 0.3) is 5.69 Å². The highest BCUT2D eigenvalue weighted by Gasteiger charge is 2.34. The molecule has 2 rings (SSSR count). The van der Waals surface area contributed by atoms with Gasteiger partial charge >= 0.3 is 5.97 Å². The van der Waals surface area contributed by atoms with Gasteiger partial charge in [-0.05, 0) is 18.9 Å². The molecule has 0 atom stereocenters. The Morgan fingerprint density at radius 2 is 2.05 bits per heavy atom. The van der Waals surface area contributed by atoms with E-state index in [2.05, 4.69) is 5.32 Å². The number of benzene rings is 1. The number of nitrogens with zero attached hydrogens (tertiary/aromatic N) is 1. The number of nitro groups is 1. The molecule has 6 heteroatoms. The lowest BCUT2D eigenvalue weighted by atomic mass is 9.79. The molecule has 1 aromatic rings. The van der Waals surface area contributed by atoms with Crippen molar-refractivity contribution in [3.63, 3.8) is 0 Å². The lowest BCUT2D eigenvalue weighted by Crippen LogP contribution is -2.42. The minimum Gasteiger partial charge on any atom is -0.481 e. The maximum Gasteiger partial charge on any atom is 0.305 e. The van der Waals surface area contributed by atoms with Crippen LogP contribution < -0.4 is 5.32 Å². The van der Waals surface area contributed by atoms with Gasteiger partial charge in [-0.15, -0.1) is 0 Å². The largest absolute Gasteiger partial charge is 0.481 e. The number of hydrogen-bond donors (Lipinski definition) is 2. The van der Waals surface area contributed by atoms with Gasteiger partial charge in [0.1, 0.15) is 0 Å². The summed E-state index contributed by atoms with van der Waals surface area (Å²) in [5, 5.41) is 23.1. The maximum absolute atomic E-state index is 11.1. The first kappa shape index (κ1) is 14.3. The van der Waals surface area contributed by atoms with E-state index in [9.17, 15) is 14.9 Å². The molecule has 0 aliphatic heterocycles. The van der Waals surface area contributed by atoms with Gasteiger partial charge < -0.3 is 10.4 Å². The Morgan fingerprint density at radius 3 is 2.65 bits per heavy atom. The van der Waals surface area contributed by atoms with Crippen LogP contribution in [0.1, 0.15) is 38.5 Å². The predicted molar refractivity (Wildman–Crippen MR) is 74.8 cm³/mol. The average molecular weight is 278 g/mol. The molecule has 0 aromatic heterocycles. The number of anilines is 1. The van der Waals surface area contributed by atoms with Crippen LogP contribution in [0.15, 0.2) is 24.3 Å². The molecule has 1 aliphatic carbocycles. The van der Waals surface area contributed by atoms with E-state index in [1.54, 1.807) is 12.1 Å².